The van der Waals surface area contributed by atoms with Crippen LogP contribution in [0.1, 0.15) is 11.1 Å². The van der Waals surface area contributed by atoms with Crippen LogP contribution in [0.3, 0.4) is 0 Å². The number of hydrogen-bond acceptors (Lipinski definition) is 6. The Balaban J connectivity index is 1.25. The van der Waals surface area contributed by atoms with E-state index in [1.165, 1.54) is 16.8 Å². The highest BCUT2D eigenvalue weighted by atomic mass is 16.2. The molecule has 0 atom stereocenters. The van der Waals surface area contributed by atoms with Gasteiger partial charge in [-0.05, 0) is 37.1 Å². The van der Waals surface area contributed by atoms with Gasteiger partial charge >= 0.3 is 0 Å². The second kappa shape index (κ2) is 8.78. The summed E-state index contributed by atoms with van der Waals surface area (Å²) in [5.74, 6) is 1.02. The van der Waals surface area contributed by atoms with Crippen LogP contribution in [0.15, 0.2) is 36.7 Å². The standard InChI is InChI=1S/C22H30N6O/c1-18-5-3-6-20(19(18)2)26-13-15-27(16-14-26)21(29)17-25-9-11-28(12-10-25)22-23-7-4-8-24-22/h3-8H,9-17H2,1-2H3. The zero-order valence-corrected chi connectivity index (χ0v) is 17.4. The molecule has 2 aliphatic heterocycles. The van der Waals surface area contributed by atoms with Gasteiger partial charge in [-0.3, -0.25) is 9.69 Å². The fourth-order valence-corrected chi connectivity index (χ4v) is 4.13. The molecule has 2 fully saturated rings. The van der Waals surface area contributed by atoms with Gasteiger partial charge in [0.05, 0.1) is 6.54 Å². The molecule has 0 saturated carbocycles. The van der Waals surface area contributed by atoms with Crippen molar-refractivity contribution in [3.63, 3.8) is 0 Å². The van der Waals surface area contributed by atoms with E-state index in [1.807, 2.05) is 11.0 Å². The first kappa shape index (κ1) is 19.6. The van der Waals surface area contributed by atoms with E-state index < -0.39 is 0 Å². The number of benzene rings is 1. The van der Waals surface area contributed by atoms with Crippen LogP contribution in [0.25, 0.3) is 0 Å². The smallest absolute Gasteiger partial charge is 0.236 e. The number of carbonyl (C=O) groups excluding carboxylic acids is 1. The molecule has 2 aliphatic rings. The van der Waals surface area contributed by atoms with Crippen LogP contribution in [-0.2, 0) is 4.79 Å². The topological polar surface area (TPSA) is 55.8 Å². The van der Waals surface area contributed by atoms with E-state index in [0.717, 1.165) is 58.3 Å². The Labute approximate surface area is 172 Å². The van der Waals surface area contributed by atoms with Crippen molar-refractivity contribution in [2.45, 2.75) is 13.8 Å². The molecule has 0 bridgehead atoms. The molecule has 2 saturated heterocycles. The van der Waals surface area contributed by atoms with Gasteiger partial charge in [0.2, 0.25) is 11.9 Å². The van der Waals surface area contributed by atoms with Gasteiger partial charge in [-0.25, -0.2) is 9.97 Å². The van der Waals surface area contributed by atoms with Crippen LogP contribution < -0.4 is 9.80 Å². The van der Waals surface area contributed by atoms with Crippen molar-refractivity contribution in [1.29, 1.82) is 0 Å². The normalized spacial score (nSPS) is 18.2. The summed E-state index contributed by atoms with van der Waals surface area (Å²) < 4.78 is 0. The van der Waals surface area contributed by atoms with Crippen molar-refractivity contribution in [1.82, 2.24) is 19.8 Å². The lowest BCUT2D eigenvalue weighted by Gasteiger charge is -2.39. The van der Waals surface area contributed by atoms with Gasteiger partial charge in [-0.1, -0.05) is 12.1 Å². The Bertz CT molecular complexity index is 826. The minimum absolute atomic E-state index is 0.245. The summed E-state index contributed by atoms with van der Waals surface area (Å²) in [4.78, 5) is 30.3. The van der Waals surface area contributed by atoms with Crippen LogP contribution in [0.2, 0.25) is 0 Å². The van der Waals surface area contributed by atoms with Gasteiger partial charge in [0.15, 0.2) is 0 Å². The summed E-state index contributed by atoms with van der Waals surface area (Å²) >= 11 is 0. The van der Waals surface area contributed by atoms with Gasteiger partial charge in [0.1, 0.15) is 0 Å². The Morgan fingerprint density at radius 1 is 0.862 bits per heavy atom. The van der Waals surface area contributed by atoms with E-state index in [0.29, 0.717) is 6.54 Å². The number of anilines is 2. The Morgan fingerprint density at radius 2 is 1.52 bits per heavy atom. The third-order valence-electron chi connectivity index (χ3n) is 6.12. The van der Waals surface area contributed by atoms with E-state index in [9.17, 15) is 4.79 Å². The van der Waals surface area contributed by atoms with Crippen LogP contribution in [0, 0.1) is 13.8 Å². The van der Waals surface area contributed by atoms with Crippen molar-refractivity contribution in [2.75, 3.05) is 68.7 Å². The van der Waals surface area contributed by atoms with Crippen molar-refractivity contribution >= 4 is 17.5 Å². The molecule has 0 spiro atoms. The Kier molecular flexibility index (Phi) is 5.94. The minimum atomic E-state index is 0.245. The number of aryl methyl sites for hydroxylation is 1. The number of carbonyl (C=O) groups is 1. The third-order valence-corrected chi connectivity index (χ3v) is 6.12. The molecule has 154 valence electrons. The van der Waals surface area contributed by atoms with Crippen LogP contribution in [0.5, 0.6) is 0 Å². The zero-order chi connectivity index (χ0) is 20.2. The molecule has 1 aromatic carbocycles. The molecule has 0 unspecified atom stereocenters. The van der Waals surface area contributed by atoms with Gasteiger partial charge in [0.25, 0.3) is 0 Å². The van der Waals surface area contributed by atoms with Gasteiger partial charge in [0, 0.05) is 70.4 Å². The van der Waals surface area contributed by atoms with Crippen molar-refractivity contribution in [3.05, 3.63) is 47.8 Å². The van der Waals surface area contributed by atoms with Gasteiger partial charge in [-0.15, -0.1) is 0 Å². The quantitative estimate of drug-likeness (QED) is 0.785. The second-order valence-electron chi connectivity index (χ2n) is 7.90. The Hall–Kier alpha value is -2.67. The molecule has 3 heterocycles. The van der Waals surface area contributed by atoms with E-state index in [2.05, 4.69) is 56.7 Å². The maximum absolute atomic E-state index is 12.8. The molecular weight excluding hydrogens is 364 g/mol. The first-order chi connectivity index (χ1) is 14.1. The number of aromatic nitrogens is 2. The zero-order valence-electron chi connectivity index (χ0n) is 17.4. The lowest BCUT2D eigenvalue weighted by atomic mass is 10.1. The predicted octanol–water partition coefficient (Wildman–Crippen LogP) is 1.56. The second-order valence-corrected chi connectivity index (χ2v) is 7.90. The Morgan fingerprint density at radius 3 is 2.21 bits per heavy atom. The van der Waals surface area contributed by atoms with Crippen molar-refractivity contribution < 1.29 is 4.79 Å². The summed E-state index contributed by atoms with van der Waals surface area (Å²) in [6.45, 7) is 11.7. The largest absolute Gasteiger partial charge is 0.368 e. The highest BCUT2D eigenvalue weighted by Crippen LogP contribution is 2.24. The highest BCUT2D eigenvalue weighted by molar-refractivity contribution is 5.78. The molecule has 7 heteroatoms. The molecule has 7 nitrogen and oxygen atoms in total. The van der Waals surface area contributed by atoms with E-state index in [4.69, 9.17) is 0 Å². The van der Waals surface area contributed by atoms with Crippen molar-refractivity contribution in [2.24, 2.45) is 0 Å². The average molecular weight is 395 g/mol. The third kappa shape index (κ3) is 4.50. The van der Waals surface area contributed by atoms with Crippen LogP contribution in [-0.4, -0.2) is 84.6 Å². The molecule has 2 aromatic rings. The van der Waals surface area contributed by atoms with Gasteiger partial charge < -0.3 is 14.7 Å². The summed E-state index contributed by atoms with van der Waals surface area (Å²) in [6.07, 6.45) is 3.55. The monoisotopic (exact) mass is 394 g/mol. The molecule has 1 amide bonds. The first-order valence-corrected chi connectivity index (χ1v) is 10.4. The fourth-order valence-electron chi connectivity index (χ4n) is 4.13. The molecule has 29 heavy (non-hydrogen) atoms. The first-order valence-electron chi connectivity index (χ1n) is 10.4. The molecule has 0 radical (unpaired) electrons. The van der Waals surface area contributed by atoms with E-state index >= 15 is 0 Å². The molecule has 4 rings (SSSR count). The predicted molar refractivity (Wildman–Crippen MR) is 115 cm³/mol. The van der Waals surface area contributed by atoms with Crippen LogP contribution in [0.4, 0.5) is 11.6 Å². The summed E-state index contributed by atoms with van der Waals surface area (Å²) in [5, 5.41) is 0. The van der Waals surface area contributed by atoms with Gasteiger partial charge in [-0.2, -0.15) is 0 Å². The molecule has 0 aliphatic carbocycles. The number of piperazine rings is 2. The minimum Gasteiger partial charge on any atom is -0.368 e. The molecule has 1 aromatic heterocycles. The molecule has 0 N–H and O–H groups in total. The van der Waals surface area contributed by atoms with E-state index in [1.54, 1.807) is 12.4 Å². The maximum atomic E-state index is 12.8. The van der Waals surface area contributed by atoms with Crippen LogP contribution >= 0.6 is 0 Å². The summed E-state index contributed by atoms with van der Waals surface area (Å²) in [6, 6.07) is 8.30. The maximum Gasteiger partial charge on any atom is 0.236 e. The SMILES string of the molecule is Cc1cccc(N2CCN(C(=O)CN3CCN(c4ncccn4)CC3)CC2)c1C. The summed E-state index contributed by atoms with van der Waals surface area (Å²) in [7, 11) is 0. The number of amides is 1. The number of rotatable bonds is 4. The number of nitrogens with zero attached hydrogens (tertiary/aromatic N) is 6. The lowest BCUT2D eigenvalue weighted by molar-refractivity contribution is -0.132. The highest BCUT2D eigenvalue weighted by Gasteiger charge is 2.25. The fraction of sp³-hybridized carbons (Fsp3) is 0.500. The lowest BCUT2D eigenvalue weighted by Crippen LogP contribution is -2.54. The average Bonchev–Trinajstić information content (AvgIpc) is 2.77. The van der Waals surface area contributed by atoms with Crippen molar-refractivity contribution in [3.8, 4) is 0 Å². The van der Waals surface area contributed by atoms with E-state index in [-0.39, 0.29) is 5.91 Å². The summed E-state index contributed by atoms with van der Waals surface area (Å²) in [5.41, 5.74) is 3.96. The number of hydrogen-bond donors (Lipinski definition) is 0. The molecular formula is C22H30N6O.